The molecule has 1 aromatic carbocycles. The molecule has 0 N–H and O–H groups in total. The molecule has 0 saturated heterocycles. The van der Waals surface area contributed by atoms with Gasteiger partial charge in [0.05, 0.1) is 17.7 Å². The summed E-state index contributed by atoms with van der Waals surface area (Å²) >= 11 is 0. The van der Waals surface area contributed by atoms with Crippen LogP contribution in [0.3, 0.4) is 0 Å². The molecule has 0 fully saturated rings. The number of hydrogen-bond acceptors (Lipinski definition) is 5. The SMILES string of the molecule is COc1ccc(S(=O)(=O)N=C2C=CC(=C([O-])[O-])C=C2)cc1. The molecule has 0 aromatic heterocycles. The molecule has 0 radical (unpaired) electrons. The summed E-state index contributed by atoms with van der Waals surface area (Å²) in [7, 11) is -2.39. The molecular formula is C14H11NO5S-2. The zero-order chi connectivity index (χ0) is 15.5. The predicted molar refractivity (Wildman–Crippen MR) is 72.9 cm³/mol. The van der Waals surface area contributed by atoms with Gasteiger partial charge in [-0.3, -0.25) is 0 Å². The van der Waals surface area contributed by atoms with Crippen molar-refractivity contribution in [1.29, 1.82) is 0 Å². The third-order valence-electron chi connectivity index (χ3n) is 2.69. The maximum atomic E-state index is 12.1. The van der Waals surface area contributed by atoms with E-state index in [1.165, 1.54) is 55.7 Å². The van der Waals surface area contributed by atoms with E-state index < -0.39 is 16.0 Å². The predicted octanol–water partition coefficient (Wildman–Crippen LogP) is -0.117. The number of sulfonamides is 1. The van der Waals surface area contributed by atoms with Crippen LogP contribution in [0.2, 0.25) is 0 Å². The summed E-state index contributed by atoms with van der Waals surface area (Å²) in [5.74, 6) is -0.799. The van der Waals surface area contributed by atoms with Gasteiger partial charge >= 0.3 is 0 Å². The van der Waals surface area contributed by atoms with E-state index in [1.807, 2.05) is 0 Å². The first-order valence-electron chi connectivity index (χ1n) is 5.86. The highest BCUT2D eigenvalue weighted by molar-refractivity contribution is 7.90. The fourth-order valence-corrected chi connectivity index (χ4v) is 2.58. The highest BCUT2D eigenvalue weighted by Crippen LogP contribution is 2.18. The fourth-order valence-electron chi connectivity index (χ4n) is 1.60. The number of methoxy groups -OCH3 is 1. The third-order valence-corrected chi connectivity index (χ3v) is 4.00. The second-order valence-electron chi connectivity index (χ2n) is 4.08. The minimum absolute atomic E-state index is 0.0206. The van der Waals surface area contributed by atoms with E-state index in [-0.39, 0.29) is 16.2 Å². The topological polar surface area (TPSA) is 102 Å². The molecule has 0 amide bonds. The summed E-state index contributed by atoms with van der Waals surface area (Å²) < 4.78 is 32.8. The molecule has 21 heavy (non-hydrogen) atoms. The van der Waals surface area contributed by atoms with E-state index in [1.54, 1.807) is 0 Å². The van der Waals surface area contributed by atoms with Crippen molar-refractivity contribution < 1.29 is 23.4 Å². The molecule has 110 valence electrons. The fraction of sp³-hybridized carbons (Fsp3) is 0.0714. The van der Waals surface area contributed by atoms with Gasteiger partial charge in [-0.2, -0.15) is 18.8 Å². The second kappa shape index (κ2) is 5.84. The molecule has 0 saturated carbocycles. The summed E-state index contributed by atoms with van der Waals surface area (Å²) in [6.07, 6.45) is 5.06. The zero-order valence-electron chi connectivity index (χ0n) is 11.0. The third kappa shape index (κ3) is 3.51. The standard InChI is InChI=1S/C14H13NO5S/c1-20-12-6-8-13(9-7-12)21(18,19)15-11-4-2-10(3-5-11)14(16)17/h2-9,16-17H,1H3/p-2. The Morgan fingerprint density at radius 3 is 2.10 bits per heavy atom. The summed E-state index contributed by atoms with van der Waals surface area (Å²) in [4.78, 5) is 0.0206. The minimum atomic E-state index is -3.87. The lowest BCUT2D eigenvalue weighted by Crippen LogP contribution is -2.20. The Hall–Kier alpha value is -2.54. The van der Waals surface area contributed by atoms with Crippen molar-refractivity contribution in [3.8, 4) is 5.75 Å². The number of allylic oxidation sites excluding steroid dienone is 5. The molecule has 2 rings (SSSR count). The maximum Gasteiger partial charge on any atom is 0.282 e. The van der Waals surface area contributed by atoms with Crippen molar-refractivity contribution in [3.05, 3.63) is 60.1 Å². The van der Waals surface area contributed by atoms with Gasteiger partial charge in [0.1, 0.15) is 5.75 Å². The van der Waals surface area contributed by atoms with Crippen molar-refractivity contribution in [1.82, 2.24) is 0 Å². The van der Waals surface area contributed by atoms with Crippen LogP contribution in [0.5, 0.6) is 5.75 Å². The molecule has 0 bridgehead atoms. The van der Waals surface area contributed by atoms with Gasteiger partial charge in [0.15, 0.2) is 0 Å². The van der Waals surface area contributed by atoms with E-state index in [0.29, 0.717) is 5.75 Å². The van der Waals surface area contributed by atoms with E-state index >= 15 is 0 Å². The summed E-state index contributed by atoms with van der Waals surface area (Å²) in [6, 6.07) is 5.80. The number of ether oxygens (including phenoxy) is 1. The van der Waals surface area contributed by atoms with Crippen LogP contribution < -0.4 is 14.9 Å². The zero-order valence-corrected chi connectivity index (χ0v) is 11.8. The Morgan fingerprint density at radius 1 is 1.05 bits per heavy atom. The smallest absolute Gasteiger partial charge is 0.282 e. The minimum Gasteiger partial charge on any atom is -0.884 e. The van der Waals surface area contributed by atoms with Crippen LogP contribution in [0.15, 0.2) is 69.4 Å². The van der Waals surface area contributed by atoms with Crippen molar-refractivity contribution in [2.45, 2.75) is 4.90 Å². The van der Waals surface area contributed by atoms with Crippen molar-refractivity contribution in [2.24, 2.45) is 4.40 Å². The largest absolute Gasteiger partial charge is 0.884 e. The average Bonchev–Trinajstić information content (AvgIpc) is 2.47. The lowest BCUT2D eigenvalue weighted by molar-refractivity contribution is -0.514. The van der Waals surface area contributed by atoms with Gasteiger partial charge in [0.2, 0.25) is 0 Å². The molecule has 0 atom stereocenters. The Kier molecular flexibility index (Phi) is 4.13. The van der Waals surface area contributed by atoms with Crippen LogP contribution in [0.4, 0.5) is 0 Å². The molecule has 0 aliphatic heterocycles. The second-order valence-corrected chi connectivity index (χ2v) is 5.68. The van der Waals surface area contributed by atoms with Crippen LogP contribution in [0.25, 0.3) is 0 Å². The van der Waals surface area contributed by atoms with Crippen molar-refractivity contribution in [2.75, 3.05) is 7.11 Å². The molecule has 1 aliphatic rings. The van der Waals surface area contributed by atoms with Gasteiger partial charge in [-0.25, -0.2) is 0 Å². The number of nitrogens with zero attached hydrogens (tertiary/aromatic N) is 1. The highest BCUT2D eigenvalue weighted by Gasteiger charge is 2.13. The van der Waals surface area contributed by atoms with Gasteiger partial charge < -0.3 is 14.9 Å². The monoisotopic (exact) mass is 305 g/mol. The quantitative estimate of drug-likeness (QED) is 0.725. The number of benzene rings is 1. The molecule has 0 heterocycles. The molecule has 1 aromatic rings. The van der Waals surface area contributed by atoms with Gasteiger partial charge in [0, 0.05) is 0 Å². The maximum absolute atomic E-state index is 12.1. The first-order valence-corrected chi connectivity index (χ1v) is 7.30. The van der Waals surface area contributed by atoms with Crippen molar-refractivity contribution in [3.63, 3.8) is 0 Å². The summed E-state index contributed by atoms with van der Waals surface area (Å²) in [5.41, 5.74) is 0.0895. The molecule has 0 spiro atoms. The van der Waals surface area contributed by atoms with E-state index in [2.05, 4.69) is 4.40 Å². The highest BCUT2D eigenvalue weighted by atomic mass is 32.2. The van der Waals surface area contributed by atoms with Gasteiger partial charge in [0.25, 0.3) is 10.0 Å². The molecule has 7 heteroatoms. The summed E-state index contributed by atoms with van der Waals surface area (Å²) in [6.45, 7) is 0. The lowest BCUT2D eigenvalue weighted by Gasteiger charge is -2.21. The van der Waals surface area contributed by atoms with E-state index in [9.17, 15) is 18.6 Å². The molecular weight excluding hydrogens is 294 g/mol. The average molecular weight is 305 g/mol. The Bertz CT molecular complexity index is 733. The van der Waals surface area contributed by atoms with Crippen LogP contribution in [-0.2, 0) is 10.0 Å². The number of hydrogen-bond donors (Lipinski definition) is 0. The molecule has 1 aliphatic carbocycles. The normalized spacial score (nSPS) is 14.1. The Labute approximate surface area is 122 Å². The summed E-state index contributed by atoms with van der Waals surface area (Å²) in [5, 5.41) is 21.2. The number of rotatable bonds is 3. The molecule has 0 unspecified atom stereocenters. The Balaban J connectivity index is 2.29. The first-order chi connectivity index (χ1) is 9.92. The lowest BCUT2D eigenvalue weighted by atomic mass is 10.1. The van der Waals surface area contributed by atoms with Crippen LogP contribution >= 0.6 is 0 Å². The van der Waals surface area contributed by atoms with Gasteiger partial charge in [-0.05, 0) is 42.0 Å². The van der Waals surface area contributed by atoms with Gasteiger partial charge in [-0.15, -0.1) is 0 Å². The van der Waals surface area contributed by atoms with Gasteiger partial charge in [-0.1, -0.05) is 12.2 Å². The van der Waals surface area contributed by atoms with Crippen LogP contribution in [-0.4, -0.2) is 21.2 Å². The van der Waals surface area contributed by atoms with Crippen molar-refractivity contribution >= 4 is 15.7 Å². The molecule has 6 nitrogen and oxygen atoms in total. The Morgan fingerprint density at radius 2 is 1.62 bits per heavy atom. The van der Waals surface area contributed by atoms with E-state index in [4.69, 9.17) is 4.74 Å². The van der Waals surface area contributed by atoms with Crippen LogP contribution in [0, 0.1) is 0 Å². The first kappa shape index (κ1) is 14.9. The van der Waals surface area contributed by atoms with Crippen LogP contribution in [0.1, 0.15) is 0 Å². The van der Waals surface area contributed by atoms with E-state index in [0.717, 1.165) is 0 Å².